The molecule has 0 fully saturated rings. The Bertz CT molecular complexity index is 408. The van der Waals surface area contributed by atoms with E-state index in [1.54, 1.807) is 0 Å². The highest BCUT2D eigenvalue weighted by Crippen LogP contribution is 2.07. The van der Waals surface area contributed by atoms with Gasteiger partial charge >= 0.3 is 5.97 Å². The summed E-state index contributed by atoms with van der Waals surface area (Å²) >= 11 is 0. The SMILES string of the molecule is CC(C)(C)OC(=O)CCOCCOCCOCCOCCO.OCCOCCOCCOCCO. The van der Waals surface area contributed by atoms with Crippen LogP contribution >= 0.6 is 0 Å². The third kappa shape index (κ3) is 37.8. The average Bonchev–Trinajstić information content (AvgIpc) is 2.80. The van der Waals surface area contributed by atoms with Gasteiger partial charge in [-0.15, -0.1) is 0 Å². The van der Waals surface area contributed by atoms with E-state index < -0.39 is 5.60 Å². The molecular weight excluding hydrogens is 468 g/mol. The average molecular weight is 517 g/mol. The second kappa shape index (κ2) is 29.3. The molecule has 0 saturated heterocycles. The smallest absolute Gasteiger partial charge is 0.308 e. The lowest BCUT2D eigenvalue weighted by atomic mass is 10.2. The maximum Gasteiger partial charge on any atom is 0.308 e. The number of ether oxygens (including phenoxy) is 8. The van der Waals surface area contributed by atoms with Crippen molar-refractivity contribution in [1.82, 2.24) is 0 Å². The van der Waals surface area contributed by atoms with Crippen LogP contribution in [0.3, 0.4) is 0 Å². The zero-order chi connectivity index (χ0) is 26.5. The number of hydrogen-bond donors (Lipinski definition) is 3. The van der Waals surface area contributed by atoms with Crippen LogP contribution in [0.25, 0.3) is 0 Å². The molecule has 0 aliphatic heterocycles. The highest BCUT2D eigenvalue weighted by atomic mass is 16.6. The molecule has 212 valence electrons. The van der Waals surface area contributed by atoms with Crippen LogP contribution in [0.1, 0.15) is 27.2 Å². The van der Waals surface area contributed by atoms with Gasteiger partial charge in [-0.05, 0) is 20.8 Å². The molecular formula is C23H48O12. The quantitative estimate of drug-likeness (QED) is 0.115. The molecule has 0 unspecified atom stereocenters. The Kier molecular flexibility index (Phi) is 30.3. The van der Waals surface area contributed by atoms with Crippen molar-refractivity contribution in [1.29, 1.82) is 0 Å². The molecule has 12 nitrogen and oxygen atoms in total. The summed E-state index contributed by atoms with van der Waals surface area (Å²) in [6, 6.07) is 0. The molecule has 0 aromatic heterocycles. The van der Waals surface area contributed by atoms with E-state index in [-0.39, 0.29) is 32.2 Å². The van der Waals surface area contributed by atoms with Gasteiger partial charge in [0, 0.05) is 0 Å². The van der Waals surface area contributed by atoms with Crippen LogP contribution in [0.15, 0.2) is 0 Å². The van der Waals surface area contributed by atoms with Crippen LogP contribution in [-0.4, -0.2) is 139 Å². The summed E-state index contributed by atoms with van der Waals surface area (Å²) in [7, 11) is 0. The summed E-state index contributed by atoms with van der Waals surface area (Å²) in [6.07, 6.45) is 0.244. The fourth-order valence-electron chi connectivity index (χ4n) is 2.05. The minimum atomic E-state index is -0.455. The number of carbonyl (C=O) groups is 1. The minimum Gasteiger partial charge on any atom is -0.460 e. The van der Waals surface area contributed by atoms with E-state index in [0.29, 0.717) is 92.5 Å². The van der Waals surface area contributed by atoms with Gasteiger partial charge in [-0.1, -0.05) is 0 Å². The van der Waals surface area contributed by atoms with Crippen molar-refractivity contribution in [3.05, 3.63) is 0 Å². The van der Waals surface area contributed by atoms with Gasteiger partial charge in [0.15, 0.2) is 0 Å². The Morgan fingerprint density at radius 2 is 0.743 bits per heavy atom. The molecule has 0 aromatic carbocycles. The van der Waals surface area contributed by atoms with Gasteiger partial charge in [0.05, 0.1) is 119 Å². The number of rotatable bonds is 24. The molecule has 0 bridgehead atoms. The fraction of sp³-hybridized carbons (Fsp3) is 0.957. The molecule has 0 spiro atoms. The van der Waals surface area contributed by atoms with Crippen LogP contribution < -0.4 is 0 Å². The Labute approximate surface area is 209 Å². The summed E-state index contributed by atoms with van der Waals surface area (Å²) in [4.78, 5) is 11.4. The number of carbonyl (C=O) groups excluding carboxylic acids is 1. The van der Waals surface area contributed by atoms with Crippen molar-refractivity contribution < 1.29 is 58.0 Å². The number of aliphatic hydroxyl groups is 3. The summed E-state index contributed by atoms with van der Waals surface area (Å²) in [5, 5.41) is 25.2. The summed E-state index contributed by atoms with van der Waals surface area (Å²) in [5.74, 6) is -0.259. The van der Waals surface area contributed by atoms with Crippen LogP contribution in [0.2, 0.25) is 0 Å². The first-order chi connectivity index (χ1) is 16.9. The first-order valence-electron chi connectivity index (χ1n) is 12.0. The third-order valence-electron chi connectivity index (χ3n) is 3.44. The van der Waals surface area contributed by atoms with Gasteiger partial charge in [0.25, 0.3) is 0 Å². The van der Waals surface area contributed by atoms with E-state index in [1.807, 2.05) is 20.8 Å². The molecule has 12 heteroatoms. The molecule has 0 aliphatic rings. The van der Waals surface area contributed by atoms with E-state index in [9.17, 15) is 4.79 Å². The number of esters is 1. The standard InChI is InChI=1S/C15H30O7.C8H18O5/c1-15(2,3)22-14(17)4-6-18-8-10-20-12-13-21-11-9-19-7-5-16;9-1-3-11-5-7-13-8-6-12-4-2-10/h16H,4-13H2,1-3H3;9-10H,1-8H2. The Morgan fingerprint density at radius 3 is 1.00 bits per heavy atom. The van der Waals surface area contributed by atoms with Crippen molar-refractivity contribution in [3.63, 3.8) is 0 Å². The predicted molar refractivity (Wildman–Crippen MR) is 127 cm³/mol. The Morgan fingerprint density at radius 1 is 0.486 bits per heavy atom. The molecule has 0 heterocycles. The molecule has 0 aromatic rings. The van der Waals surface area contributed by atoms with Crippen molar-refractivity contribution in [2.24, 2.45) is 0 Å². The molecule has 0 saturated carbocycles. The lowest BCUT2D eigenvalue weighted by Gasteiger charge is -2.19. The molecule has 0 atom stereocenters. The van der Waals surface area contributed by atoms with Gasteiger partial charge in [-0.25, -0.2) is 0 Å². The van der Waals surface area contributed by atoms with Gasteiger partial charge in [-0.3, -0.25) is 4.79 Å². The van der Waals surface area contributed by atoms with E-state index in [1.165, 1.54) is 0 Å². The predicted octanol–water partition coefficient (Wildman–Crippen LogP) is -0.202. The minimum absolute atomic E-state index is 0.0248. The largest absolute Gasteiger partial charge is 0.460 e. The zero-order valence-electron chi connectivity index (χ0n) is 21.7. The maximum atomic E-state index is 11.4. The first kappa shape index (κ1) is 36.2. The monoisotopic (exact) mass is 516 g/mol. The van der Waals surface area contributed by atoms with Crippen molar-refractivity contribution >= 4 is 5.97 Å². The summed E-state index contributed by atoms with van der Waals surface area (Å²) in [6.45, 7) is 11.8. The lowest BCUT2D eigenvalue weighted by molar-refractivity contribution is -0.156. The summed E-state index contributed by atoms with van der Waals surface area (Å²) in [5.41, 5.74) is -0.455. The molecule has 0 radical (unpaired) electrons. The second-order valence-corrected chi connectivity index (χ2v) is 7.79. The van der Waals surface area contributed by atoms with Crippen molar-refractivity contribution in [3.8, 4) is 0 Å². The summed E-state index contributed by atoms with van der Waals surface area (Å²) < 4.78 is 41.0. The molecule has 35 heavy (non-hydrogen) atoms. The highest BCUT2D eigenvalue weighted by Gasteiger charge is 2.15. The fourth-order valence-corrected chi connectivity index (χ4v) is 2.05. The lowest BCUT2D eigenvalue weighted by Crippen LogP contribution is -2.24. The molecule has 0 amide bonds. The van der Waals surface area contributed by atoms with Gasteiger partial charge < -0.3 is 53.2 Å². The van der Waals surface area contributed by atoms with Crippen LogP contribution in [0.4, 0.5) is 0 Å². The maximum absolute atomic E-state index is 11.4. The van der Waals surface area contributed by atoms with E-state index >= 15 is 0 Å². The molecule has 3 N–H and O–H groups in total. The Hall–Kier alpha value is -0.930. The first-order valence-corrected chi connectivity index (χ1v) is 12.0. The second-order valence-electron chi connectivity index (χ2n) is 7.79. The van der Waals surface area contributed by atoms with E-state index in [2.05, 4.69) is 0 Å². The topological polar surface area (TPSA) is 152 Å². The molecule has 0 rings (SSSR count). The van der Waals surface area contributed by atoms with Crippen molar-refractivity contribution in [2.75, 3.05) is 112 Å². The van der Waals surface area contributed by atoms with E-state index in [0.717, 1.165) is 0 Å². The van der Waals surface area contributed by atoms with Gasteiger partial charge in [0.2, 0.25) is 0 Å². The van der Waals surface area contributed by atoms with Crippen LogP contribution in [0, 0.1) is 0 Å². The highest BCUT2D eigenvalue weighted by molar-refractivity contribution is 5.69. The third-order valence-corrected chi connectivity index (χ3v) is 3.44. The van der Waals surface area contributed by atoms with Crippen molar-refractivity contribution in [2.45, 2.75) is 32.8 Å². The van der Waals surface area contributed by atoms with Crippen LogP contribution in [-0.2, 0) is 42.7 Å². The van der Waals surface area contributed by atoms with E-state index in [4.69, 9.17) is 53.2 Å². The van der Waals surface area contributed by atoms with Gasteiger partial charge in [0.1, 0.15) is 5.60 Å². The zero-order valence-corrected chi connectivity index (χ0v) is 21.7. The number of hydrogen-bond acceptors (Lipinski definition) is 12. The normalized spacial score (nSPS) is 11.3. The van der Waals surface area contributed by atoms with Crippen LogP contribution in [0.5, 0.6) is 0 Å². The molecule has 0 aliphatic carbocycles. The number of aliphatic hydroxyl groups excluding tert-OH is 3. The van der Waals surface area contributed by atoms with Gasteiger partial charge in [-0.2, -0.15) is 0 Å². The Balaban J connectivity index is 0.